The summed E-state index contributed by atoms with van der Waals surface area (Å²) in [4.78, 5) is 0. The van der Waals surface area contributed by atoms with Crippen molar-refractivity contribution in [3.05, 3.63) is 53.6 Å². The zero-order valence-electron chi connectivity index (χ0n) is 12.1. The van der Waals surface area contributed by atoms with E-state index < -0.39 is 6.10 Å². The molecule has 2 aromatic rings. The van der Waals surface area contributed by atoms with E-state index in [0.717, 1.165) is 11.1 Å². The molecule has 21 heavy (non-hydrogen) atoms. The van der Waals surface area contributed by atoms with Crippen LogP contribution in [0, 0.1) is 0 Å². The van der Waals surface area contributed by atoms with Crippen molar-refractivity contribution < 1.29 is 19.3 Å². The van der Waals surface area contributed by atoms with Gasteiger partial charge in [-0.25, -0.2) is 0 Å². The number of hydrogen-bond donors (Lipinski definition) is 1. The van der Waals surface area contributed by atoms with Crippen molar-refractivity contribution in [2.24, 2.45) is 0 Å². The minimum Gasteiger partial charge on any atom is -0.496 e. The smallest absolute Gasteiger partial charge is 0.130 e. The zero-order valence-corrected chi connectivity index (χ0v) is 12.1. The van der Waals surface area contributed by atoms with Crippen LogP contribution in [0.4, 0.5) is 0 Å². The van der Waals surface area contributed by atoms with Crippen molar-refractivity contribution in [2.45, 2.75) is 12.0 Å². The first-order valence-electron chi connectivity index (χ1n) is 6.86. The van der Waals surface area contributed by atoms with Crippen molar-refractivity contribution in [2.75, 3.05) is 20.8 Å². The van der Waals surface area contributed by atoms with Gasteiger partial charge in [-0.2, -0.15) is 0 Å². The Bertz CT molecular complexity index is 607. The first-order valence-corrected chi connectivity index (χ1v) is 6.86. The zero-order chi connectivity index (χ0) is 14.8. The lowest BCUT2D eigenvalue weighted by Crippen LogP contribution is -2.31. The molecule has 0 saturated heterocycles. The number of fused-ring (bicyclic) bond motifs is 1. The van der Waals surface area contributed by atoms with Gasteiger partial charge in [-0.05, 0) is 5.56 Å². The molecule has 4 heteroatoms. The number of methoxy groups -OCH3 is 2. The Balaban J connectivity index is 2.17. The average Bonchev–Trinajstić information content (AvgIpc) is 2.54. The van der Waals surface area contributed by atoms with Gasteiger partial charge in [0.1, 0.15) is 23.9 Å². The highest BCUT2D eigenvalue weighted by molar-refractivity contribution is 5.56. The molecule has 3 rings (SSSR count). The predicted octanol–water partition coefficient (Wildman–Crippen LogP) is 2.59. The molecule has 110 valence electrons. The highest BCUT2D eigenvalue weighted by Crippen LogP contribution is 2.45. The lowest BCUT2D eigenvalue weighted by molar-refractivity contribution is 0.0755. The normalized spacial score (nSPS) is 20.3. The Hall–Kier alpha value is -2.20. The summed E-state index contributed by atoms with van der Waals surface area (Å²) in [6, 6.07) is 13.6. The van der Waals surface area contributed by atoms with E-state index in [1.807, 2.05) is 42.5 Å². The minimum absolute atomic E-state index is 0.171. The summed E-state index contributed by atoms with van der Waals surface area (Å²) in [6.45, 7) is 0.253. The molecule has 0 saturated carbocycles. The molecule has 1 N–H and O–H groups in total. The van der Waals surface area contributed by atoms with Gasteiger partial charge in [0.15, 0.2) is 0 Å². The van der Waals surface area contributed by atoms with Gasteiger partial charge in [-0.15, -0.1) is 0 Å². The quantitative estimate of drug-likeness (QED) is 0.942. The first-order chi connectivity index (χ1) is 10.2. The Morgan fingerprint density at radius 2 is 1.86 bits per heavy atom. The summed E-state index contributed by atoms with van der Waals surface area (Å²) in [5.41, 5.74) is 1.90. The first kappa shape index (κ1) is 13.8. The summed E-state index contributed by atoms with van der Waals surface area (Å²) in [5, 5.41) is 10.4. The standard InChI is InChI=1S/C17H18O4/c1-19-12-8-14(20-2)17-15(9-12)21-10-13(18)16(17)11-6-4-3-5-7-11/h3-9,13,16,18H,10H2,1-2H3/t13-,16+/m1/s1. The topological polar surface area (TPSA) is 47.9 Å². The van der Waals surface area contributed by atoms with Crippen LogP contribution in [0.1, 0.15) is 17.0 Å². The number of aliphatic hydroxyl groups excluding tert-OH is 1. The third kappa shape index (κ3) is 2.43. The molecule has 0 aromatic heterocycles. The molecule has 0 aliphatic carbocycles. The van der Waals surface area contributed by atoms with Gasteiger partial charge >= 0.3 is 0 Å². The van der Waals surface area contributed by atoms with E-state index in [1.54, 1.807) is 14.2 Å². The largest absolute Gasteiger partial charge is 0.496 e. The van der Waals surface area contributed by atoms with Crippen molar-refractivity contribution in [3.8, 4) is 17.2 Å². The number of hydrogen-bond acceptors (Lipinski definition) is 4. The van der Waals surface area contributed by atoms with Gasteiger partial charge in [0.05, 0.1) is 20.3 Å². The summed E-state index contributed by atoms with van der Waals surface area (Å²) in [7, 11) is 3.21. The van der Waals surface area contributed by atoms with Crippen LogP contribution in [0.25, 0.3) is 0 Å². The van der Waals surface area contributed by atoms with Crippen molar-refractivity contribution in [1.82, 2.24) is 0 Å². The van der Waals surface area contributed by atoms with Crippen molar-refractivity contribution in [1.29, 1.82) is 0 Å². The van der Waals surface area contributed by atoms with Gasteiger partial charge in [0, 0.05) is 23.6 Å². The summed E-state index contributed by atoms with van der Waals surface area (Å²) in [6.07, 6.45) is -0.609. The molecule has 0 fully saturated rings. The summed E-state index contributed by atoms with van der Waals surface area (Å²) in [5.74, 6) is 1.87. The molecule has 0 spiro atoms. The highest BCUT2D eigenvalue weighted by atomic mass is 16.5. The Labute approximate surface area is 123 Å². The van der Waals surface area contributed by atoms with Crippen LogP contribution < -0.4 is 14.2 Å². The second-order valence-electron chi connectivity index (χ2n) is 5.01. The van der Waals surface area contributed by atoms with Crippen LogP contribution in [0.3, 0.4) is 0 Å². The number of ether oxygens (including phenoxy) is 3. The van der Waals surface area contributed by atoms with Gasteiger partial charge in [0.25, 0.3) is 0 Å². The van der Waals surface area contributed by atoms with Crippen LogP contribution in [0.2, 0.25) is 0 Å². The van der Waals surface area contributed by atoms with Gasteiger partial charge in [0.2, 0.25) is 0 Å². The van der Waals surface area contributed by atoms with Crippen LogP contribution in [0.15, 0.2) is 42.5 Å². The maximum atomic E-state index is 10.4. The van der Waals surface area contributed by atoms with Crippen LogP contribution in [-0.2, 0) is 0 Å². The lowest BCUT2D eigenvalue weighted by atomic mass is 9.84. The fourth-order valence-corrected chi connectivity index (χ4v) is 2.80. The SMILES string of the molecule is COc1cc(OC)c2c(c1)OC[C@@H](O)[C@@H]2c1ccccc1. The minimum atomic E-state index is -0.609. The van der Waals surface area contributed by atoms with E-state index in [9.17, 15) is 5.11 Å². The Morgan fingerprint density at radius 1 is 1.10 bits per heavy atom. The van der Waals surface area contributed by atoms with Crippen molar-refractivity contribution >= 4 is 0 Å². The van der Waals surface area contributed by atoms with E-state index in [4.69, 9.17) is 14.2 Å². The average molecular weight is 286 g/mol. The molecule has 0 amide bonds. The molecule has 2 atom stereocenters. The van der Waals surface area contributed by atoms with E-state index in [0.29, 0.717) is 17.2 Å². The molecule has 2 aromatic carbocycles. The summed E-state index contributed by atoms with van der Waals surface area (Å²) < 4.78 is 16.4. The number of benzene rings is 2. The van der Waals surface area contributed by atoms with Crippen LogP contribution in [0.5, 0.6) is 17.2 Å². The maximum Gasteiger partial charge on any atom is 0.130 e. The molecule has 0 unspecified atom stereocenters. The molecule has 0 radical (unpaired) electrons. The molecular weight excluding hydrogens is 268 g/mol. The molecule has 0 bridgehead atoms. The molecule has 1 aliphatic heterocycles. The number of aliphatic hydroxyl groups is 1. The molecule has 1 aliphatic rings. The second-order valence-corrected chi connectivity index (χ2v) is 5.01. The van der Waals surface area contributed by atoms with Gasteiger partial charge in [-0.3, -0.25) is 0 Å². The van der Waals surface area contributed by atoms with E-state index in [-0.39, 0.29) is 12.5 Å². The molecule has 1 heterocycles. The monoisotopic (exact) mass is 286 g/mol. The maximum absolute atomic E-state index is 10.4. The fourth-order valence-electron chi connectivity index (χ4n) is 2.80. The van der Waals surface area contributed by atoms with Crippen LogP contribution >= 0.6 is 0 Å². The fraction of sp³-hybridized carbons (Fsp3) is 0.294. The van der Waals surface area contributed by atoms with E-state index in [2.05, 4.69) is 0 Å². The van der Waals surface area contributed by atoms with Crippen molar-refractivity contribution in [3.63, 3.8) is 0 Å². The molecular formula is C17H18O4. The second kappa shape index (κ2) is 5.66. The van der Waals surface area contributed by atoms with Gasteiger partial charge < -0.3 is 19.3 Å². The highest BCUT2D eigenvalue weighted by Gasteiger charge is 2.34. The third-order valence-corrected chi connectivity index (χ3v) is 3.80. The summed E-state index contributed by atoms with van der Waals surface area (Å²) >= 11 is 0. The Morgan fingerprint density at radius 3 is 2.52 bits per heavy atom. The third-order valence-electron chi connectivity index (χ3n) is 3.80. The lowest BCUT2D eigenvalue weighted by Gasteiger charge is -2.32. The van der Waals surface area contributed by atoms with Gasteiger partial charge in [-0.1, -0.05) is 30.3 Å². The van der Waals surface area contributed by atoms with E-state index >= 15 is 0 Å². The number of rotatable bonds is 3. The molecule has 4 nitrogen and oxygen atoms in total. The Kier molecular flexibility index (Phi) is 3.71. The van der Waals surface area contributed by atoms with Crippen LogP contribution in [-0.4, -0.2) is 32.0 Å². The van der Waals surface area contributed by atoms with E-state index in [1.165, 1.54) is 0 Å². The predicted molar refractivity (Wildman–Crippen MR) is 79.3 cm³/mol.